The standard InChI is InChI=1S/C16H17FN2O3/c17-12-3-1-2-10(11(12)9-18)15(21)19-13-8-14(20)16(13)4-6-22-7-5-16/h1-3,13-14,20H,4-8H2,(H,19,21)/t13-,14-/m1/s1. The number of carbonyl (C=O) groups excluding carboxylic acids is 1. The van der Waals surface area contributed by atoms with Gasteiger partial charge in [-0.3, -0.25) is 4.79 Å². The molecule has 2 atom stereocenters. The molecule has 1 saturated heterocycles. The number of nitrogens with zero attached hydrogens (tertiary/aromatic N) is 1. The van der Waals surface area contributed by atoms with Gasteiger partial charge in [0.2, 0.25) is 0 Å². The quantitative estimate of drug-likeness (QED) is 0.864. The molecule has 0 aromatic heterocycles. The van der Waals surface area contributed by atoms with Gasteiger partial charge >= 0.3 is 0 Å². The smallest absolute Gasteiger partial charge is 0.252 e. The molecule has 1 heterocycles. The fourth-order valence-corrected chi connectivity index (χ4v) is 3.46. The number of nitriles is 1. The van der Waals surface area contributed by atoms with Gasteiger partial charge in [-0.1, -0.05) is 6.07 Å². The number of aliphatic hydroxyl groups excluding tert-OH is 1. The predicted molar refractivity (Wildman–Crippen MR) is 75.5 cm³/mol. The number of hydrogen-bond acceptors (Lipinski definition) is 4. The highest BCUT2D eigenvalue weighted by molar-refractivity contribution is 5.97. The average Bonchev–Trinajstić information content (AvgIpc) is 2.55. The normalized spacial score (nSPS) is 26.0. The third-order valence-electron chi connectivity index (χ3n) is 4.92. The highest BCUT2D eigenvalue weighted by Crippen LogP contribution is 2.49. The Morgan fingerprint density at radius 3 is 2.82 bits per heavy atom. The molecular formula is C16H17FN2O3. The van der Waals surface area contributed by atoms with Crippen LogP contribution in [-0.2, 0) is 4.74 Å². The van der Waals surface area contributed by atoms with Crippen LogP contribution in [0.3, 0.4) is 0 Å². The van der Waals surface area contributed by atoms with Crippen molar-refractivity contribution in [1.82, 2.24) is 5.32 Å². The van der Waals surface area contributed by atoms with Gasteiger partial charge in [-0.25, -0.2) is 4.39 Å². The first-order chi connectivity index (χ1) is 10.6. The Bertz CT molecular complexity index is 635. The summed E-state index contributed by atoms with van der Waals surface area (Å²) in [7, 11) is 0. The summed E-state index contributed by atoms with van der Waals surface area (Å²) in [6.45, 7) is 1.12. The molecule has 1 amide bonds. The molecule has 1 spiro atoms. The van der Waals surface area contributed by atoms with E-state index in [9.17, 15) is 14.3 Å². The molecule has 1 aliphatic heterocycles. The van der Waals surface area contributed by atoms with Crippen molar-refractivity contribution < 1.29 is 19.0 Å². The lowest BCUT2D eigenvalue weighted by atomic mass is 9.58. The lowest BCUT2D eigenvalue weighted by Crippen LogP contribution is -2.65. The molecule has 1 aliphatic carbocycles. The van der Waals surface area contributed by atoms with Crippen molar-refractivity contribution >= 4 is 5.91 Å². The second kappa shape index (κ2) is 5.67. The van der Waals surface area contributed by atoms with Crippen LogP contribution in [0.15, 0.2) is 18.2 Å². The highest BCUT2D eigenvalue weighted by Gasteiger charge is 2.55. The number of rotatable bonds is 2. The van der Waals surface area contributed by atoms with Crippen molar-refractivity contribution in [3.8, 4) is 6.07 Å². The molecule has 22 heavy (non-hydrogen) atoms. The molecule has 6 heteroatoms. The van der Waals surface area contributed by atoms with Crippen LogP contribution in [0.4, 0.5) is 4.39 Å². The van der Waals surface area contributed by atoms with Gasteiger partial charge in [-0.15, -0.1) is 0 Å². The Hall–Kier alpha value is -1.97. The molecule has 0 bridgehead atoms. The zero-order valence-electron chi connectivity index (χ0n) is 12.0. The first-order valence-corrected chi connectivity index (χ1v) is 7.34. The number of nitrogens with one attached hydrogen (secondary N) is 1. The zero-order chi connectivity index (χ0) is 15.7. The predicted octanol–water partition coefficient (Wildman–Crippen LogP) is 1.36. The highest BCUT2D eigenvalue weighted by atomic mass is 19.1. The number of halogens is 1. The maximum Gasteiger partial charge on any atom is 0.252 e. The van der Waals surface area contributed by atoms with Crippen LogP contribution in [0.1, 0.15) is 35.2 Å². The van der Waals surface area contributed by atoms with Crippen molar-refractivity contribution in [2.75, 3.05) is 13.2 Å². The topological polar surface area (TPSA) is 82.4 Å². The lowest BCUT2D eigenvalue weighted by Gasteiger charge is -2.55. The minimum atomic E-state index is -0.704. The third kappa shape index (κ3) is 2.27. The molecule has 2 N–H and O–H groups in total. The minimum absolute atomic E-state index is 0.0334. The van der Waals surface area contributed by atoms with E-state index in [-0.39, 0.29) is 22.6 Å². The molecule has 0 radical (unpaired) electrons. The second-order valence-corrected chi connectivity index (χ2v) is 5.90. The fourth-order valence-electron chi connectivity index (χ4n) is 3.46. The van der Waals surface area contributed by atoms with Gasteiger partial charge in [-0.05, 0) is 31.4 Å². The molecule has 116 valence electrons. The maximum absolute atomic E-state index is 13.6. The number of ether oxygens (including phenoxy) is 1. The number of hydrogen-bond donors (Lipinski definition) is 2. The Balaban J connectivity index is 1.78. The maximum atomic E-state index is 13.6. The van der Waals surface area contributed by atoms with Gasteiger partial charge in [0.25, 0.3) is 5.91 Å². The summed E-state index contributed by atoms with van der Waals surface area (Å²) in [6.07, 6.45) is 1.40. The van der Waals surface area contributed by atoms with Gasteiger partial charge in [-0.2, -0.15) is 5.26 Å². The van der Waals surface area contributed by atoms with E-state index in [4.69, 9.17) is 10.00 Å². The van der Waals surface area contributed by atoms with E-state index >= 15 is 0 Å². The van der Waals surface area contributed by atoms with Crippen molar-refractivity contribution in [2.45, 2.75) is 31.4 Å². The van der Waals surface area contributed by atoms with E-state index in [0.717, 1.165) is 6.07 Å². The zero-order valence-corrected chi connectivity index (χ0v) is 12.0. The number of aliphatic hydroxyl groups is 1. The van der Waals surface area contributed by atoms with E-state index < -0.39 is 17.8 Å². The van der Waals surface area contributed by atoms with E-state index in [0.29, 0.717) is 32.5 Å². The molecule has 2 aliphatic rings. The number of amides is 1. The van der Waals surface area contributed by atoms with Crippen LogP contribution in [-0.4, -0.2) is 36.4 Å². The molecular weight excluding hydrogens is 287 g/mol. The van der Waals surface area contributed by atoms with Crippen LogP contribution in [0.25, 0.3) is 0 Å². The van der Waals surface area contributed by atoms with Gasteiger partial charge < -0.3 is 15.2 Å². The van der Waals surface area contributed by atoms with Crippen molar-refractivity contribution in [3.05, 3.63) is 35.1 Å². The van der Waals surface area contributed by atoms with Gasteiger partial charge in [0, 0.05) is 24.7 Å². The van der Waals surface area contributed by atoms with Crippen LogP contribution in [0.5, 0.6) is 0 Å². The number of carbonyl (C=O) groups is 1. The molecule has 0 unspecified atom stereocenters. The summed E-state index contributed by atoms with van der Waals surface area (Å²) < 4.78 is 18.9. The van der Waals surface area contributed by atoms with E-state index in [2.05, 4.69) is 5.32 Å². The summed E-state index contributed by atoms with van der Waals surface area (Å²) in [6, 6.07) is 5.55. The summed E-state index contributed by atoms with van der Waals surface area (Å²) in [5.74, 6) is -1.18. The van der Waals surface area contributed by atoms with Crippen LogP contribution in [0.2, 0.25) is 0 Å². The van der Waals surface area contributed by atoms with Gasteiger partial charge in [0.05, 0.1) is 11.7 Å². The van der Waals surface area contributed by atoms with Gasteiger partial charge in [0.15, 0.2) is 0 Å². The van der Waals surface area contributed by atoms with Gasteiger partial charge in [0.1, 0.15) is 17.4 Å². The molecule has 1 saturated carbocycles. The minimum Gasteiger partial charge on any atom is -0.392 e. The Kier molecular flexibility index (Phi) is 3.85. The van der Waals surface area contributed by atoms with E-state index in [1.54, 1.807) is 6.07 Å². The SMILES string of the molecule is N#Cc1c(F)cccc1C(=O)N[C@@H]1C[C@@H](O)C12CCOCC2. The summed E-state index contributed by atoms with van der Waals surface area (Å²) in [5.41, 5.74) is -0.569. The molecule has 5 nitrogen and oxygen atoms in total. The fraction of sp³-hybridized carbons (Fsp3) is 0.500. The molecule has 2 fully saturated rings. The molecule has 1 aromatic rings. The Morgan fingerprint density at radius 1 is 1.45 bits per heavy atom. The van der Waals surface area contributed by atoms with Crippen molar-refractivity contribution in [1.29, 1.82) is 5.26 Å². The second-order valence-electron chi connectivity index (χ2n) is 5.90. The number of benzene rings is 1. The molecule has 1 aromatic carbocycles. The largest absolute Gasteiger partial charge is 0.392 e. The summed E-state index contributed by atoms with van der Waals surface area (Å²) >= 11 is 0. The first kappa shape index (κ1) is 14.9. The van der Waals surface area contributed by atoms with Crippen LogP contribution in [0, 0.1) is 22.6 Å². The van der Waals surface area contributed by atoms with E-state index in [1.807, 2.05) is 0 Å². The van der Waals surface area contributed by atoms with Crippen molar-refractivity contribution in [3.63, 3.8) is 0 Å². The van der Waals surface area contributed by atoms with Crippen LogP contribution < -0.4 is 5.32 Å². The van der Waals surface area contributed by atoms with Crippen molar-refractivity contribution in [2.24, 2.45) is 5.41 Å². The third-order valence-corrected chi connectivity index (χ3v) is 4.92. The Morgan fingerprint density at radius 2 is 2.18 bits per heavy atom. The molecule has 3 rings (SSSR count). The van der Waals surface area contributed by atoms with E-state index in [1.165, 1.54) is 12.1 Å². The Labute approximate surface area is 127 Å². The van der Waals surface area contributed by atoms with Crippen LogP contribution >= 0.6 is 0 Å². The lowest BCUT2D eigenvalue weighted by molar-refractivity contribution is -0.145. The monoisotopic (exact) mass is 304 g/mol. The summed E-state index contributed by atoms with van der Waals surface area (Å²) in [4.78, 5) is 12.4. The average molecular weight is 304 g/mol. The summed E-state index contributed by atoms with van der Waals surface area (Å²) in [5, 5.41) is 22.0. The first-order valence-electron chi connectivity index (χ1n) is 7.34.